The van der Waals surface area contributed by atoms with Gasteiger partial charge in [0.1, 0.15) is 11.5 Å². The van der Waals surface area contributed by atoms with Crippen LogP contribution in [0, 0.1) is 18.3 Å². The number of carbonyl (C=O) groups is 2. The summed E-state index contributed by atoms with van der Waals surface area (Å²) in [6.45, 7) is 12.2. The molecule has 200 valence electrons. The van der Waals surface area contributed by atoms with Gasteiger partial charge in [0, 0.05) is 11.3 Å². The fourth-order valence-electron chi connectivity index (χ4n) is 5.00. The summed E-state index contributed by atoms with van der Waals surface area (Å²) in [4.78, 5) is 28.5. The molecule has 1 saturated heterocycles. The molecule has 0 bridgehead atoms. The van der Waals surface area contributed by atoms with Crippen LogP contribution in [-0.4, -0.2) is 23.9 Å². The van der Waals surface area contributed by atoms with E-state index in [1.165, 1.54) is 4.90 Å². The second-order valence-electron chi connectivity index (χ2n) is 11.3. The Labute approximate surface area is 230 Å². The highest BCUT2D eigenvalue weighted by molar-refractivity contribution is 6.51. The van der Waals surface area contributed by atoms with Crippen molar-refractivity contribution in [3.63, 3.8) is 0 Å². The minimum atomic E-state index is -0.851. The van der Waals surface area contributed by atoms with Gasteiger partial charge >= 0.3 is 0 Å². The molecule has 3 aromatic rings. The molecule has 1 aliphatic rings. The smallest absolute Gasteiger partial charge is 0.300 e. The van der Waals surface area contributed by atoms with Crippen LogP contribution in [-0.2, 0) is 15.0 Å². The molecule has 0 aromatic heterocycles. The Hall–Kier alpha value is -4.37. The maximum Gasteiger partial charge on any atom is 0.300 e. The van der Waals surface area contributed by atoms with Gasteiger partial charge in [0.2, 0.25) is 0 Å². The molecule has 0 saturated carbocycles. The molecular formula is C33H34N2O4. The third-order valence-electron chi connectivity index (χ3n) is 7.27. The number of ketones is 1. The van der Waals surface area contributed by atoms with E-state index in [0.29, 0.717) is 28.1 Å². The number of rotatable bonds is 5. The number of hydrogen-bond acceptors (Lipinski definition) is 5. The number of aliphatic hydroxyl groups is 1. The van der Waals surface area contributed by atoms with Crippen molar-refractivity contribution in [3.05, 3.63) is 99.6 Å². The molecule has 39 heavy (non-hydrogen) atoms. The number of benzene rings is 3. The SMILES string of the molecule is COc1cc(C)c(/C(O)=C2\C(=O)C(=O)N(c3ccc(C#N)cc3)C2c2ccc(C(C)(C)C)cc2)cc1C(C)C. The fourth-order valence-corrected chi connectivity index (χ4v) is 5.00. The minimum Gasteiger partial charge on any atom is -0.507 e. The zero-order valence-corrected chi connectivity index (χ0v) is 23.5. The number of hydrogen-bond donors (Lipinski definition) is 1. The van der Waals surface area contributed by atoms with Gasteiger partial charge in [-0.25, -0.2) is 0 Å². The van der Waals surface area contributed by atoms with Crippen molar-refractivity contribution in [1.29, 1.82) is 5.26 Å². The van der Waals surface area contributed by atoms with E-state index in [1.807, 2.05) is 57.2 Å². The Bertz CT molecular complexity index is 1500. The van der Waals surface area contributed by atoms with Crippen LogP contribution < -0.4 is 9.64 Å². The first-order chi connectivity index (χ1) is 18.4. The van der Waals surface area contributed by atoms with E-state index in [4.69, 9.17) is 4.74 Å². The van der Waals surface area contributed by atoms with E-state index >= 15 is 0 Å². The number of Topliss-reactive ketones (excluding diaryl/α,β-unsaturated/α-hetero) is 1. The van der Waals surface area contributed by atoms with Crippen LogP contribution in [0.5, 0.6) is 5.75 Å². The van der Waals surface area contributed by atoms with Gasteiger partial charge in [-0.2, -0.15) is 5.26 Å². The van der Waals surface area contributed by atoms with Gasteiger partial charge < -0.3 is 9.84 Å². The highest BCUT2D eigenvalue weighted by Crippen LogP contribution is 2.44. The van der Waals surface area contributed by atoms with Crippen molar-refractivity contribution >= 4 is 23.1 Å². The Morgan fingerprint density at radius 3 is 2.15 bits per heavy atom. The predicted molar refractivity (Wildman–Crippen MR) is 153 cm³/mol. The molecule has 3 aromatic carbocycles. The Balaban J connectivity index is 1.97. The maximum absolute atomic E-state index is 13.6. The van der Waals surface area contributed by atoms with E-state index in [0.717, 1.165) is 16.7 Å². The lowest BCUT2D eigenvalue weighted by Gasteiger charge is -2.27. The highest BCUT2D eigenvalue weighted by Gasteiger charge is 2.47. The number of aryl methyl sites for hydroxylation is 1. The molecule has 1 atom stereocenters. The maximum atomic E-state index is 13.6. The van der Waals surface area contributed by atoms with Crippen LogP contribution in [0.1, 0.15) is 80.0 Å². The normalized spacial score (nSPS) is 17.0. The first-order valence-electron chi connectivity index (χ1n) is 13.0. The van der Waals surface area contributed by atoms with E-state index in [2.05, 4.69) is 26.8 Å². The van der Waals surface area contributed by atoms with Crippen molar-refractivity contribution in [1.82, 2.24) is 0 Å². The molecule has 1 heterocycles. The first-order valence-corrected chi connectivity index (χ1v) is 13.0. The van der Waals surface area contributed by atoms with Crippen LogP contribution >= 0.6 is 0 Å². The average molecular weight is 523 g/mol. The van der Waals surface area contributed by atoms with E-state index in [1.54, 1.807) is 31.4 Å². The summed E-state index contributed by atoms with van der Waals surface area (Å²) in [5.74, 6) is -0.916. The third-order valence-corrected chi connectivity index (χ3v) is 7.27. The minimum absolute atomic E-state index is 0.0239. The van der Waals surface area contributed by atoms with Crippen LogP contribution in [0.3, 0.4) is 0 Å². The summed E-state index contributed by atoms with van der Waals surface area (Å²) >= 11 is 0. The second-order valence-corrected chi connectivity index (χ2v) is 11.3. The van der Waals surface area contributed by atoms with Gasteiger partial charge in [-0.1, -0.05) is 58.9 Å². The number of ether oxygens (including phenoxy) is 1. The molecule has 6 heteroatoms. The van der Waals surface area contributed by atoms with Gasteiger partial charge in [-0.05, 0) is 76.9 Å². The molecule has 0 aliphatic carbocycles. The van der Waals surface area contributed by atoms with Gasteiger partial charge in [0.25, 0.3) is 11.7 Å². The highest BCUT2D eigenvalue weighted by atomic mass is 16.5. The van der Waals surface area contributed by atoms with Gasteiger partial charge in [0.05, 0.1) is 30.4 Å². The summed E-state index contributed by atoms with van der Waals surface area (Å²) in [5.41, 5.74) is 4.74. The zero-order chi connectivity index (χ0) is 28.6. The van der Waals surface area contributed by atoms with Crippen molar-refractivity contribution < 1.29 is 19.4 Å². The number of nitrogens with zero attached hydrogens (tertiary/aromatic N) is 2. The monoisotopic (exact) mass is 522 g/mol. The molecule has 1 amide bonds. The second kappa shape index (κ2) is 10.4. The Kier molecular flexibility index (Phi) is 7.39. The quantitative estimate of drug-likeness (QED) is 0.223. The van der Waals surface area contributed by atoms with Gasteiger partial charge in [-0.3, -0.25) is 14.5 Å². The number of anilines is 1. The molecule has 1 unspecified atom stereocenters. The van der Waals surface area contributed by atoms with E-state index in [-0.39, 0.29) is 22.7 Å². The molecule has 4 rings (SSSR count). The van der Waals surface area contributed by atoms with Crippen LogP contribution in [0.15, 0.2) is 66.2 Å². The van der Waals surface area contributed by atoms with E-state index < -0.39 is 17.7 Å². The van der Waals surface area contributed by atoms with Crippen LogP contribution in [0.25, 0.3) is 5.76 Å². The molecular weight excluding hydrogens is 488 g/mol. The number of methoxy groups -OCH3 is 1. The Morgan fingerprint density at radius 2 is 1.64 bits per heavy atom. The summed E-state index contributed by atoms with van der Waals surface area (Å²) in [5, 5.41) is 21.0. The Morgan fingerprint density at radius 1 is 1.03 bits per heavy atom. The molecule has 1 aliphatic heterocycles. The lowest BCUT2D eigenvalue weighted by Crippen LogP contribution is -2.29. The molecule has 0 radical (unpaired) electrons. The standard InChI is InChI=1S/C33H34N2O4/c1-19(2)25-17-26(20(3)16-27(25)39-7)30(36)28-29(22-10-12-23(13-11-22)33(4,5)6)35(32(38)31(28)37)24-14-8-21(18-34)9-15-24/h8-17,19,29,36H,1-7H3/b30-28+. The zero-order valence-electron chi connectivity index (χ0n) is 23.5. The van der Waals surface area contributed by atoms with Gasteiger partial charge in [-0.15, -0.1) is 0 Å². The summed E-state index contributed by atoms with van der Waals surface area (Å²) in [6, 6.07) is 19.2. The molecule has 1 fully saturated rings. The van der Waals surface area contributed by atoms with Crippen molar-refractivity contribution in [2.24, 2.45) is 0 Å². The molecule has 6 nitrogen and oxygen atoms in total. The average Bonchev–Trinajstić information content (AvgIpc) is 3.17. The van der Waals surface area contributed by atoms with Gasteiger partial charge in [0.15, 0.2) is 0 Å². The van der Waals surface area contributed by atoms with Crippen LogP contribution in [0.4, 0.5) is 5.69 Å². The first kappa shape index (κ1) is 27.7. The third kappa shape index (κ3) is 5.05. The fraction of sp³-hybridized carbons (Fsp3) is 0.303. The molecule has 0 spiro atoms. The van der Waals surface area contributed by atoms with Crippen molar-refractivity contribution in [2.75, 3.05) is 12.0 Å². The lowest BCUT2D eigenvalue weighted by molar-refractivity contribution is -0.132. The van der Waals surface area contributed by atoms with E-state index in [9.17, 15) is 20.0 Å². The summed E-state index contributed by atoms with van der Waals surface area (Å²) in [6.07, 6.45) is 0. The summed E-state index contributed by atoms with van der Waals surface area (Å²) in [7, 11) is 1.60. The van der Waals surface area contributed by atoms with Crippen molar-refractivity contribution in [2.45, 2.75) is 58.9 Å². The van der Waals surface area contributed by atoms with Crippen LogP contribution in [0.2, 0.25) is 0 Å². The number of nitriles is 1. The largest absolute Gasteiger partial charge is 0.507 e. The predicted octanol–water partition coefficient (Wildman–Crippen LogP) is 6.92. The molecule has 1 N–H and O–H groups in total. The van der Waals surface area contributed by atoms with Crippen molar-refractivity contribution in [3.8, 4) is 11.8 Å². The number of amides is 1. The summed E-state index contributed by atoms with van der Waals surface area (Å²) < 4.78 is 5.56. The topological polar surface area (TPSA) is 90.6 Å². The lowest BCUT2D eigenvalue weighted by atomic mass is 9.85. The number of carbonyl (C=O) groups excluding carboxylic acids is 2. The number of aliphatic hydroxyl groups excluding tert-OH is 1.